The number of piperazine rings is 1. The summed E-state index contributed by atoms with van der Waals surface area (Å²) in [7, 11) is 0. The molecule has 1 fully saturated rings. The van der Waals surface area contributed by atoms with Crippen molar-refractivity contribution < 1.29 is 4.79 Å². The second kappa shape index (κ2) is 13.7. The van der Waals surface area contributed by atoms with Crippen molar-refractivity contribution in [3.63, 3.8) is 0 Å². The zero-order chi connectivity index (χ0) is 26.9. The van der Waals surface area contributed by atoms with E-state index in [0.717, 1.165) is 63.6 Å². The molecule has 0 aliphatic carbocycles. The number of thiophene rings is 1. The van der Waals surface area contributed by atoms with E-state index in [4.69, 9.17) is 0 Å². The Hall–Kier alpha value is -2.93. The molecule has 1 saturated heterocycles. The SMILES string of the molecule is CCN(CC)C(=O)c1ccc([C@H](c2cccc(NCc3cccs3)c2)N2CCN(CC=C(C)C)CC2)cc1. The third kappa shape index (κ3) is 7.34. The van der Waals surface area contributed by atoms with Gasteiger partial charge in [-0.25, -0.2) is 0 Å². The average Bonchev–Trinajstić information content (AvgIpc) is 3.47. The lowest BCUT2D eigenvalue weighted by Crippen LogP contribution is -2.47. The minimum Gasteiger partial charge on any atom is -0.380 e. The number of hydrogen-bond donors (Lipinski definition) is 1. The number of benzene rings is 2. The first-order valence-electron chi connectivity index (χ1n) is 13.8. The van der Waals surface area contributed by atoms with E-state index in [1.165, 1.54) is 21.6 Å². The molecule has 1 atom stereocenters. The first-order valence-corrected chi connectivity index (χ1v) is 14.7. The normalized spacial score (nSPS) is 15.2. The van der Waals surface area contributed by atoms with Crippen LogP contribution < -0.4 is 5.32 Å². The molecule has 2 heterocycles. The summed E-state index contributed by atoms with van der Waals surface area (Å²) in [6.45, 7) is 15.8. The maximum absolute atomic E-state index is 12.9. The van der Waals surface area contributed by atoms with Crippen molar-refractivity contribution in [3.8, 4) is 0 Å². The third-order valence-corrected chi connectivity index (χ3v) is 8.18. The smallest absolute Gasteiger partial charge is 0.253 e. The highest BCUT2D eigenvalue weighted by Crippen LogP contribution is 2.32. The van der Waals surface area contributed by atoms with E-state index in [0.29, 0.717) is 0 Å². The first kappa shape index (κ1) is 28.1. The van der Waals surface area contributed by atoms with E-state index >= 15 is 0 Å². The molecule has 5 nitrogen and oxygen atoms in total. The highest BCUT2D eigenvalue weighted by Gasteiger charge is 2.27. The standard InChI is InChI=1S/C32H42N4OS/c1-5-35(6-2)32(37)27-14-12-26(13-15-27)31(36-20-18-34(19-21-36)17-16-25(3)4)28-9-7-10-29(23-28)33-24-30-11-8-22-38-30/h7-16,22-23,31,33H,5-6,17-21,24H2,1-4H3/t31-/m1/s1. The van der Waals surface area contributed by atoms with Gasteiger partial charge in [0.25, 0.3) is 5.91 Å². The Labute approximate surface area is 232 Å². The maximum Gasteiger partial charge on any atom is 0.253 e. The summed E-state index contributed by atoms with van der Waals surface area (Å²) < 4.78 is 0. The molecule has 3 aromatic rings. The monoisotopic (exact) mass is 530 g/mol. The number of nitrogens with one attached hydrogen (secondary N) is 1. The van der Waals surface area contributed by atoms with Crippen LogP contribution in [-0.2, 0) is 6.54 Å². The van der Waals surface area contributed by atoms with Crippen LogP contribution in [0.5, 0.6) is 0 Å². The summed E-state index contributed by atoms with van der Waals surface area (Å²) in [6.07, 6.45) is 2.32. The number of rotatable bonds is 11. The zero-order valence-corrected chi connectivity index (χ0v) is 24.1. The molecule has 1 N–H and O–H groups in total. The van der Waals surface area contributed by atoms with Crippen LogP contribution in [0.1, 0.15) is 60.1 Å². The quantitative estimate of drug-likeness (QED) is 0.287. The van der Waals surface area contributed by atoms with Crippen LogP contribution in [0, 0.1) is 0 Å². The van der Waals surface area contributed by atoms with Gasteiger partial charge in [-0.2, -0.15) is 0 Å². The van der Waals surface area contributed by atoms with Gasteiger partial charge < -0.3 is 10.2 Å². The molecule has 0 radical (unpaired) electrons. The molecule has 202 valence electrons. The van der Waals surface area contributed by atoms with E-state index in [1.807, 2.05) is 30.9 Å². The van der Waals surface area contributed by atoms with Gasteiger partial charge in [0.2, 0.25) is 0 Å². The maximum atomic E-state index is 12.9. The molecule has 0 spiro atoms. The summed E-state index contributed by atoms with van der Waals surface area (Å²) in [5.74, 6) is 0.103. The fourth-order valence-electron chi connectivity index (χ4n) is 5.05. The summed E-state index contributed by atoms with van der Waals surface area (Å²) >= 11 is 1.78. The molecule has 4 rings (SSSR count). The van der Waals surface area contributed by atoms with Gasteiger partial charge in [-0.1, -0.05) is 42.0 Å². The number of allylic oxidation sites excluding steroid dienone is 1. The lowest BCUT2D eigenvalue weighted by molar-refractivity contribution is 0.0773. The fourth-order valence-corrected chi connectivity index (χ4v) is 5.70. The molecule has 1 amide bonds. The highest BCUT2D eigenvalue weighted by atomic mass is 32.1. The van der Waals surface area contributed by atoms with E-state index in [-0.39, 0.29) is 11.9 Å². The van der Waals surface area contributed by atoms with E-state index in [2.05, 4.69) is 89.0 Å². The number of hydrogen-bond acceptors (Lipinski definition) is 5. The lowest BCUT2D eigenvalue weighted by Gasteiger charge is -2.39. The van der Waals surface area contributed by atoms with Gasteiger partial charge in [0.15, 0.2) is 0 Å². The number of carbonyl (C=O) groups is 1. The highest BCUT2D eigenvalue weighted by molar-refractivity contribution is 7.09. The van der Waals surface area contributed by atoms with Crippen LogP contribution in [0.15, 0.2) is 77.7 Å². The topological polar surface area (TPSA) is 38.8 Å². The van der Waals surface area contributed by atoms with Crippen LogP contribution in [-0.4, -0.2) is 66.4 Å². The Morgan fingerprint density at radius 1 is 0.974 bits per heavy atom. The summed E-state index contributed by atoms with van der Waals surface area (Å²) in [5, 5.41) is 5.73. The van der Waals surface area contributed by atoms with Gasteiger partial charge >= 0.3 is 0 Å². The van der Waals surface area contributed by atoms with E-state index in [1.54, 1.807) is 11.3 Å². The predicted molar refractivity (Wildman–Crippen MR) is 161 cm³/mol. The van der Waals surface area contributed by atoms with Crippen molar-refractivity contribution in [3.05, 3.63) is 99.3 Å². The average molecular weight is 531 g/mol. The first-order chi connectivity index (χ1) is 18.5. The van der Waals surface area contributed by atoms with Crippen LogP contribution in [0.4, 0.5) is 5.69 Å². The third-order valence-electron chi connectivity index (χ3n) is 7.30. The largest absolute Gasteiger partial charge is 0.380 e. The number of carbonyl (C=O) groups excluding carboxylic acids is 1. The minimum absolute atomic E-state index is 0.103. The summed E-state index contributed by atoms with van der Waals surface area (Å²) in [5.41, 5.74) is 5.78. The molecule has 1 aliphatic rings. The lowest BCUT2D eigenvalue weighted by atomic mass is 9.94. The number of anilines is 1. The van der Waals surface area contributed by atoms with Crippen molar-refractivity contribution in [1.29, 1.82) is 0 Å². The van der Waals surface area contributed by atoms with Crippen molar-refractivity contribution in [2.75, 3.05) is 51.1 Å². The summed E-state index contributed by atoms with van der Waals surface area (Å²) in [6, 6.07) is 21.6. The van der Waals surface area contributed by atoms with Crippen LogP contribution in [0.25, 0.3) is 0 Å². The molecule has 0 saturated carbocycles. The van der Waals surface area contributed by atoms with Gasteiger partial charge in [-0.15, -0.1) is 11.3 Å². The number of nitrogens with zero attached hydrogens (tertiary/aromatic N) is 3. The predicted octanol–water partition coefficient (Wildman–Crippen LogP) is 6.52. The second-order valence-corrected chi connectivity index (χ2v) is 11.2. The Kier molecular flexibility index (Phi) is 10.2. The van der Waals surface area contributed by atoms with Gasteiger partial charge in [-0.05, 0) is 74.5 Å². The number of amides is 1. The van der Waals surface area contributed by atoms with Crippen molar-refractivity contribution >= 4 is 22.9 Å². The molecule has 1 aromatic heterocycles. The molecule has 6 heteroatoms. The van der Waals surface area contributed by atoms with Gasteiger partial charge in [0, 0.05) is 68.5 Å². The van der Waals surface area contributed by atoms with Crippen LogP contribution in [0.3, 0.4) is 0 Å². The van der Waals surface area contributed by atoms with Crippen molar-refractivity contribution in [2.24, 2.45) is 0 Å². The van der Waals surface area contributed by atoms with Crippen LogP contribution >= 0.6 is 11.3 Å². The Morgan fingerprint density at radius 2 is 1.71 bits per heavy atom. The van der Waals surface area contributed by atoms with Gasteiger partial charge in [0.05, 0.1) is 6.04 Å². The molecule has 2 aromatic carbocycles. The molecule has 1 aliphatic heterocycles. The Balaban J connectivity index is 1.57. The van der Waals surface area contributed by atoms with Crippen molar-refractivity contribution in [1.82, 2.24) is 14.7 Å². The Morgan fingerprint density at radius 3 is 2.34 bits per heavy atom. The molecular weight excluding hydrogens is 488 g/mol. The van der Waals surface area contributed by atoms with Gasteiger partial charge in [0.1, 0.15) is 0 Å². The minimum atomic E-state index is 0.103. The Bertz CT molecular complexity index is 1170. The van der Waals surface area contributed by atoms with E-state index in [9.17, 15) is 4.79 Å². The zero-order valence-electron chi connectivity index (χ0n) is 23.3. The molecule has 38 heavy (non-hydrogen) atoms. The van der Waals surface area contributed by atoms with Crippen LogP contribution in [0.2, 0.25) is 0 Å². The van der Waals surface area contributed by atoms with E-state index < -0.39 is 0 Å². The summed E-state index contributed by atoms with van der Waals surface area (Å²) in [4.78, 5) is 21.2. The second-order valence-electron chi connectivity index (χ2n) is 10.2. The van der Waals surface area contributed by atoms with Crippen molar-refractivity contribution in [2.45, 2.75) is 40.3 Å². The molecular formula is C32H42N4OS. The van der Waals surface area contributed by atoms with Gasteiger partial charge in [-0.3, -0.25) is 14.6 Å². The molecule has 0 bridgehead atoms. The fraction of sp³-hybridized carbons (Fsp3) is 0.406. The molecule has 0 unspecified atom stereocenters.